The molecule has 2 heterocycles. The van der Waals surface area contributed by atoms with E-state index in [-0.39, 0.29) is 6.10 Å². The van der Waals surface area contributed by atoms with Crippen LogP contribution in [0.1, 0.15) is 35.3 Å². The number of rotatable bonds is 2. The molecule has 1 unspecified atom stereocenters. The molecule has 0 aliphatic carbocycles. The van der Waals surface area contributed by atoms with Gasteiger partial charge in [-0.2, -0.15) is 0 Å². The highest BCUT2D eigenvalue weighted by Gasteiger charge is 2.21. The number of nitrogens with one attached hydrogen (secondary N) is 1. The molecular formula is C12H21NOS. The molecule has 0 saturated heterocycles. The molecule has 0 spiro atoms. The smallest absolute Gasteiger partial charge is 0.0960 e. The van der Waals surface area contributed by atoms with Crippen molar-refractivity contribution in [3.05, 3.63) is 21.4 Å². The Kier molecular flexibility index (Phi) is 5.29. The lowest BCUT2D eigenvalue weighted by atomic mass is 10.1. The summed E-state index contributed by atoms with van der Waals surface area (Å²) in [4.78, 5) is 2.92. The van der Waals surface area contributed by atoms with Crippen LogP contribution in [0.4, 0.5) is 0 Å². The summed E-state index contributed by atoms with van der Waals surface area (Å²) in [6, 6.07) is 2.27. The number of likely N-dealkylation sites (N-methyl/N-ethyl adjacent to an activating group) is 1. The number of thiophene rings is 1. The first kappa shape index (κ1) is 12.7. The molecule has 0 aromatic carbocycles. The summed E-state index contributed by atoms with van der Waals surface area (Å²) in [5.41, 5.74) is 1.41. The number of ether oxygens (including phenoxy) is 1. The van der Waals surface area contributed by atoms with E-state index in [9.17, 15) is 0 Å². The number of fused-ring (bicyclic) bond motifs is 1. The Balaban J connectivity index is 0.000000531. The van der Waals surface area contributed by atoms with E-state index in [2.05, 4.69) is 18.3 Å². The van der Waals surface area contributed by atoms with Crippen molar-refractivity contribution in [2.45, 2.75) is 33.3 Å². The number of hydrogen-bond acceptors (Lipinski definition) is 3. The average molecular weight is 227 g/mol. The Hall–Kier alpha value is -0.380. The Morgan fingerprint density at radius 3 is 2.93 bits per heavy atom. The zero-order chi connectivity index (χ0) is 11.3. The summed E-state index contributed by atoms with van der Waals surface area (Å²) < 4.78 is 5.70. The normalized spacial score (nSPS) is 19.1. The van der Waals surface area contributed by atoms with Crippen LogP contribution in [-0.2, 0) is 11.2 Å². The molecule has 1 aliphatic heterocycles. The van der Waals surface area contributed by atoms with Gasteiger partial charge in [0.1, 0.15) is 0 Å². The molecule has 1 atom stereocenters. The zero-order valence-corrected chi connectivity index (χ0v) is 10.9. The van der Waals surface area contributed by atoms with E-state index < -0.39 is 0 Å². The van der Waals surface area contributed by atoms with Gasteiger partial charge in [0.05, 0.1) is 12.7 Å². The van der Waals surface area contributed by atoms with Gasteiger partial charge in [-0.05, 0) is 25.6 Å². The minimum absolute atomic E-state index is 0.277. The SMILES string of the molecule is CC.CNCC1OCCc2sc(C)cc21. The van der Waals surface area contributed by atoms with Gasteiger partial charge < -0.3 is 10.1 Å². The van der Waals surface area contributed by atoms with Gasteiger partial charge in [-0.25, -0.2) is 0 Å². The predicted molar refractivity (Wildman–Crippen MR) is 66.7 cm³/mol. The van der Waals surface area contributed by atoms with E-state index in [0.29, 0.717) is 0 Å². The Bertz CT molecular complexity index is 296. The van der Waals surface area contributed by atoms with E-state index in [1.165, 1.54) is 15.3 Å². The Labute approximate surface area is 96.7 Å². The predicted octanol–water partition coefficient (Wildman–Crippen LogP) is 2.92. The quantitative estimate of drug-likeness (QED) is 0.839. The molecule has 1 N–H and O–H groups in total. The topological polar surface area (TPSA) is 21.3 Å². The van der Waals surface area contributed by atoms with E-state index in [1.807, 2.05) is 32.2 Å². The first-order valence-corrected chi connectivity index (χ1v) is 6.48. The molecule has 3 heteroatoms. The summed E-state index contributed by atoms with van der Waals surface area (Å²) in [6.07, 6.45) is 1.37. The highest BCUT2D eigenvalue weighted by molar-refractivity contribution is 7.12. The first-order valence-electron chi connectivity index (χ1n) is 5.66. The van der Waals surface area contributed by atoms with Gasteiger partial charge in [0.2, 0.25) is 0 Å². The van der Waals surface area contributed by atoms with Crippen molar-refractivity contribution in [3.8, 4) is 0 Å². The third-order valence-electron chi connectivity index (χ3n) is 2.35. The molecule has 0 saturated carbocycles. The van der Waals surface area contributed by atoms with Gasteiger partial charge in [-0.1, -0.05) is 13.8 Å². The monoisotopic (exact) mass is 227 g/mol. The fourth-order valence-corrected chi connectivity index (χ4v) is 2.86. The Morgan fingerprint density at radius 2 is 2.27 bits per heavy atom. The minimum atomic E-state index is 0.277. The van der Waals surface area contributed by atoms with Crippen molar-refractivity contribution in [2.24, 2.45) is 0 Å². The number of aryl methyl sites for hydroxylation is 1. The van der Waals surface area contributed by atoms with Crippen LogP contribution in [0.25, 0.3) is 0 Å². The standard InChI is InChI=1S/C10H15NOS.C2H6/c1-7-5-8-9(6-11-2)12-4-3-10(8)13-7;1-2/h5,9,11H,3-4,6H2,1-2H3;1-2H3. The summed E-state index contributed by atoms with van der Waals surface area (Å²) >= 11 is 1.91. The third kappa shape index (κ3) is 3.03. The molecule has 1 aromatic rings. The highest BCUT2D eigenvalue weighted by atomic mass is 32.1. The van der Waals surface area contributed by atoms with Gasteiger partial charge in [-0.3, -0.25) is 0 Å². The van der Waals surface area contributed by atoms with Crippen LogP contribution in [0.15, 0.2) is 6.07 Å². The molecule has 0 radical (unpaired) electrons. The molecule has 2 rings (SSSR count). The van der Waals surface area contributed by atoms with Crippen molar-refractivity contribution in [1.29, 1.82) is 0 Å². The lowest BCUT2D eigenvalue weighted by Gasteiger charge is -2.22. The fourth-order valence-electron chi connectivity index (χ4n) is 1.79. The maximum absolute atomic E-state index is 5.70. The van der Waals surface area contributed by atoms with Crippen LogP contribution in [0.2, 0.25) is 0 Å². The number of hydrogen-bond donors (Lipinski definition) is 1. The van der Waals surface area contributed by atoms with Crippen LogP contribution in [-0.4, -0.2) is 20.2 Å². The largest absolute Gasteiger partial charge is 0.372 e. The highest BCUT2D eigenvalue weighted by Crippen LogP contribution is 2.32. The molecule has 2 nitrogen and oxygen atoms in total. The van der Waals surface area contributed by atoms with Crippen LogP contribution in [0.5, 0.6) is 0 Å². The van der Waals surface area contributed by atoms with Crippen LogP contribution >= 0.6 is 11.3 Å². The van der Waals surface area contributed by atoms with Crippen LogP contribution < -0.4 is 5.32 Å². The maximum atomic E-state index is 5.70. The maximum Gasteiger partial charge on any atom is 0.0960 e. The fraction of sp³-hybridized carbons (Fsp3) is 0.667. The summed E-state index contributed by atoms with van der Waals surface area (Å²) in [5.74, 6) is 0. The second-order valence-electron chi connectivity index (χ2n) is 3.40. The summed E-state index contributed by atoms with van der Waals surface area (Å²) in [6.45, 7) is 7.96. The minimum Gasteiger partial charge on any atom is -0.372 e. The molecule has 0 bridgehead atoms. The van der Waals surface area contributed by atoms with Crippen molar-refractivity contribution >= 4 is 11.3 Å². The molecule has 1 aromatic heterocycles. The lowest BCUT2D eigenvalue weighted by molar-refractivity contribution is 0.0451. The van der Waals surface area contributed by atoms with Crippen molar-refractivity contribution < 1.29 is 4.74 Å². The van der Waals surface area contributed by atoms with Crippen LogP contribution in [0, 0.1) is 6.92 Å². The third-order valence-corrected chi connectivity index (χ3v) is 3.48. The Morgan fingerprint density at radius 1 is 1.53 bits per heavy atom. The van der Waals surface area contributed by atoms with Crippen LogP contribution in [0.3, 0.4) is 0 Å². The van der Waals surface area contributed by atoms with Gasteiger partial charge >= 0.3 is 0 Å². The molecule has 0 amide bonds. The van der Waals surface area contributed by atoms with Crippen molar-refractivity contribution in [2.75, 3.05) is 20.2 Å². The average Bonchev–Trinajstić information content (AvgIpc) is 2.63. The second-order valence-corrected chi connectivity index (χ2v) is 4.74. The van der Waals surface area contributed by atoms with Crippen molar-refractivity contribution in [1.82, 2.24) is 5.32 Å². The zero-order valence-electron chi connectivity index (χ0n) is 10.1. The van der Waals surface area contributed by atoms with E-state index in [4.69, 9.17) is 4.74 Å². The summed E-state index contributed by atoms with van der Waals surface area (Å²) in [7, 11) is 1.97. The van der Waals surface area contributed by atoms with Gasteiger partial charge in [0.15, 0.2) is 0 Å². The van der Waals surface area contributed by atoms with E-state index in [0.717, 1.165) is 19.6 Å². The molecular weight excluding hydrogens is 206 g/mol. The molecule has 0 fully saturated rings. The van der Waals surface area contributed by atoms with Gasteiger partial charge in [0.25, 0.3) is 0 Å². The molecule has 86 valence electrons. The van der Waals surface area contributed by atoms with Crippen molar-refractivity contribution in [3.63, 3.8) is 0 Å². The molecule has 1 aliphatic rings. The molecule has 15 heavy (non-hydrogen) atoms. The van der Waals surface area contributed by atoms with E-state index in [1.54, 1.807) is 0 Å². The second kappa shape index (κ2) is 6.26. The van der Waals surface area contributed by atoms with Gasteiger partial charge in [0, 0.05) is 22.7 Å². The van der Waals surface area contributed by atoms with Gasteiger partial charge in [-0.15, -0.1) is 11.3 Å². The summed E-state index contributed by atoms with van der Waals surface area (Å²) in [5, 5.41) is 3.17. The van der Waals surface area contributed by atoms with E-state index >= 15 is 0 Å². The first-order chi connectivity index (χ1) is 7.31. The lowest BCUT2D eigenvalue weighted by Crippen LogP contribution is -2.24.